The summed E-state index contributed by atoms with van der Waals surface area (Å²) in [6, 6.07) is 5.65. The van der Waals surface area contributed by atoms with Gasteiger partial charge in [-0.2, -0.15) is 4.31 Å². The minimum atomic E-state index is -3.17. The van der Waals surface area contributed by atoms with E-state index in [9.17, 15) is 8.42 Å². The minimum absolute atomic E-state index is 0.479. The third kappa shape index (κ3) is 6.42. The molecule has 0 bridgehead atoms. The number of aromatic nitrogens is 5. The Morgan fingerprint density at radius 3 is 2.49 bits per heavy atom. The first-order chi connectivity index (χ1) is 16.7. The first-order valence-corrected chi connectivity index (χ1v) is 14.0. The van der Waals surface area contributed by atoms with Gasteiger partial charge in [0.1, 0.15) is 11.6 Å². The van der Waals surface area contributed by atoms with E-state index in [0.717, 1.165) is 16.8 Å². The molecule has 0 unspecified atom stereocenters. The fourth-order valence-electron chi connectivity index (χ4n) is 3.72. The zero-order chi connectivity index (χ0) is 25.0. The number of methoxy groups -OCH3 is 1. The van der Waals surface area contributed by atoms with Crippen molar-refractivity contribution in [3.63, 3.8) is 0 Å². The molecule has 0 aromatic carbocycles. The second kappa shape index (κ2) is 10.8. The van der Waals surface area contributed by atoms with Crippen LogP contribution in [0.25, 0.3) is 11.4 Å². The first kappa shape index (κ1) is 25.2. The zero-order valence-corrected chi connectivity index (χ0v) is 21.7. The topological polar surface area (TPSA) is 126 Å². The highest BCUT2D eigenvalue weighted by atomic mass is 32.2. The maximum atomic E-state index is 11.8. The second-order valence-electron chi connectivity index (χ2n) is 8.09. The Bertz CT molecular complexity index is 1280. The summed E-state index contributed by atoms with van der Waals surface area (Å²) in [6.45, 7) is 4.74. The highest BCUT2D eigenvalue weighted by Crippen LogP contribution is 2.29. The van der Waals surface area contributed by atoms with E-state index in [1.807, 2.05) is 31.5 Å². The molecule has 13 heteroatoms. The van der Waals surface area contributed by atoms with Crippen molar-refractivity contribution < 1.29 is 13.2 Å². The number of pyridine rings is 2. The van der Waals surface area contributed by atoms with Crippen molar-refractivity contribution in [2.45, 2.75) is 18.6 Å². The normalized spacial score (nSPS) is 15.2. The van der Waals surface area contributed by atoms with Crippen LogP contribution in [0.3, 0.4) is 0 Å². The van der Waals surface area contributed by atoms with Gasteiger partial charge in [-0.15, -0.1) is 0 Å². The Kier molecular flexibility index (Phi) is 7.79. The van der Waals surface area contributed by atoms with Gasteiger partial charge in [-0.05, 0) is 30.9 Å². The van der Waals surface area contributed by atoms with Gasteiger partial charge in [0.25, 0.3) is 0 Å². The van der Waals surface area contributed by atoms with Crippen LogP contribution in [0, 0.1) is 6.92 Å². The number of piperazine rings is 1. The van der Waals surface area contributed by atoms with E-state index in [1.165, 1.54) is 22.3 Å². The maximum absolute atomic E-state index is 11.8. The summed E-state index contributed by atoms with van der Waals surface area (Å²) < 4.78 is 30.3. The number of anilines is 2. The summed E-state index contributed by atoms with van der Waals surface area (Å²) in [4.78, 5) is 24.7. The summed E-state index contributed by atoms with van der Waals surface area (Å²) in [7, 11) is -1.60. The molecular formula is C22H28N8O3S2. The summed E-state index contributed by atoms with van der Waals surface area (Å²) in [5, 5.41) is 3.94. The van der Waals surface area contributed by atoms with Gasteiger partial charge >= 0.3 is 0 Å². The Morgan fingerprint density at radius 2 is 1.86 bits per heavy atom. The number of sulfonamides is 1. The molecule has 3 aromatic rings. The number of nitrogens with one attached hydrogen (secondary N) is 1. The van der Waals surface area contributed by atoms with Gasteiger partial charge in [-0.25, -0.2) is 33.3 Å². The molecular weight excluding hydrogens is 488 g/mol. The van der Waals surface area contributed by atoms with Crippen LogP contribution in [0.2, 0.25) is 0 Å². The number of thioether (sulfide) groups is 1. The van der Waals surface area contributed by atoms with Crippen molar-refractivity contribution in [3.8, 4) is 17.3 Å². The van der Waals surface area contributed by atoms with Crippen LogP contribution < -0.4 is 10.1 Å². The molecule has 1 aliphatic heterocycles. The summed E-state index contributed by atoms with van der Waals surface area (Å²) in [5.41, 5.74) is 2.48. The van der Waals surface area contributed by atoms with E-state index in [2.05, 4.69) is 35.1 Å². The van der Waals surface area contributed by atoms with Crippen molar-refractivity contribution >= 4 is 33.3 Å². The van der Waals surface area contributed by atoms with Gasteiger partial charge < -0.3 is 10.1 Å². The fourth-order valence-corrected chi connectivity index (χ4v) is 4.95. The molecule has 1 aliphatic rings. The fraction of sp³-hybridized carbons (Fsp3) is 0.409. The standard InChI is InChI=1S/C22H28N8O3S2/c1-15-25-21(28-22(26-15)34-3)18-11-16(14-29-7-9-30(10-8-29)35(4,31)32)12-24-20(18)27-17-5-6-19(33-2)23-13-17/h5-6,11-13H,7-10,14H2,1-4H3,(H,24,27). The van der Waals surface area contributed by atoms with Crippen molar-refractivity contribution in [1.29, 1.82) is 0 Å². The lowest BCUT2D eigenvalue weighted by Crippen LogP contribution is -2.47. The third-order valence-electron chi connectivity index (χ3n) is 5.51. The molecule has 1 saturated heterocycles. The van der Waals surface area contributed by atoms with Crippen LogP contribution in [-0.2, 0) is 16.6 Å². The Balaban J connectivity index is 1.62. The zero-order valence-electron chi connectivity index (χ0n) is 20.1. The van der Waals surface area contributed by atoms with E-state index in [1.54, 1.807) is 19.4 Å². The Morgan fingerprint density at radius 1 is 1.09 bits per heavy atom. The molecule has 4 heterocycles. The number of aryl methyl sites for hydroxylation is 1. The molecule has 35 heavy (non-hydrogen) atoms. The van der Waals surface area contributed by atoms with Gasteiger partial charge in [0.2, 0.25) is 15.9 Å². The van der Waals surface area contributed by atoms with E-state index in [-0.39, 0.29) is 0 Å². The van der Waals surface area contributed by atoms with Crippen LogP contribution >= 0.6 is 11.8 Å². The quantitative estimate of drug-likeness (QED) is 0.443. The summed E-state index contributed by atoms with van der Waals surface area (Å²) in [5.74, 6) is 2.27. The lowest BCUT2D eigenvalue weighted by Gasteiger charge is -2.33. The highest BCUT2D eigenvalue weighted by molar-refractivity contribution is 7.98. The molecule has 4 rings (SSSR count). The van der Waals surface area contributed by atoms with Crippen molar-refractivity contribution in [1.82, 2.24) is 34.1 Å². The minimum Gasteiger partial charge on any atom is -0.481 e. The third-order valence-corrected chi connectivity index (χ3v) is 7.36. The van der Waals surface area contributed by atoms with E-state index in [0.29, 0.717) is 61.2 Å². The number of nitrogens with zero attached hydrogens (tertiary/aromatic N) is 7. The van der Waals surface area contributed by atoms with Crippen LogP contribution in [0.4, 0.5) is 11.5 Å². The van der Waals surface area contributed by atoms with Crippen molar-refractivity contribution in [2.75, 3.05) is 51.1 Å². The average molecular weight is 517 g/mol. The van der Waals surface area contributed by atoms with E-state index >= 15 is 0 Å². The van der Waals surface area contributed by atoms with Crippen LogP contribution in [0.15, 0.2) is 35.7 Å². The number of ether oxygens (including phenoxy) is 1. The Hall–Kier alpha value is -2.87. The molecule has 0 saturated carbocycles. The van der Waals surface area contributed by atoms with Crippen molar-refractivity contribution in [2.24, 2.45) is 0 Å². The molecule has 0 aliphatic carbocycles. The monoisotopic (exact) mass is 516 g/mol. The number of hydrogen-bond acceptors (Lipinski definition) is 11. The second-order valence-corrected chi connectivity index (χ2v) is 10.8. The van der Waals surface area contributed by atoms with E-state index < -0.39 is 10.0 Å². The molecule has 11 nitrogen and oxygen atoms in total. The van der Waals surface area contributed by atoms with Crippen LogP contribution in [0.5, 0.6) is 5.88 Å². The number of hydrogen-bond donors (Lipinski definition) is 1. The van der Waals surface area contributed by atoms with Crippen LogP contribution in [0.1, 0.15) is 11.4 Å². The smallest absolute Gasteiger partial charge is 0.213 e. The lowest BCUT2D eigenvalue weighted by molar-refractivity contribution is 0.182. The molecule has 186 valence electrons. The predicted molar refractivity (Wildman–Crippen MR) is 135 cm³/mol. The average Bonchev–Trinajstić information content (AvgIpc) is 2.84. The molecule has 3 aromatic heterocycles. The predicted octanol–water partition coefficient (Wildman–Crippen LogP) is 2.19. The highest BCUT2D eigenvalue weighted by Gasteiger charge is 2.24. The molecule has 0 atom stereocenters. The molecule has 1 fully saturated rings. The molecule has 0 amide bonds. The molecule has 0 spiro atoms. The van der Waals surface area contributed by atoms with Crippen molar-refractivity contribution in [3.05, 3.63) is 42.0 Å². The van der Waals surface area contributed by atoms with Gasteiger partial charge in [-0.1, -0.05) is 11.8 Å². The SMILES string of the molecule is COc1ccc(Nc2ncc(CN3CCN(S(C)(=O)=O)CC3)cc2-c2nc(C)nc(SC)n2)cn1. The Labute approximate surface area is 209 Å². The molecule has 0 radical (unpaired) electrons. The van der Waals surface area contributed by atoms with E-state index in [4.69, 9.17) is 4.74 Å². The largest absolute Gasteiger partial charge is 0.481 e. The summed E-state index contributed by atoms with van der Waals surface area (Å²) in [6.07, 6.45) is 6.66. The van der Waals surface area contributed by atoms with Crippen LogP contribution in [-0.4, -0.2) is 88.3 Å². The summed E-state index contributed by atoms with van der Waals surface area (Å²) >= 11 is 1.45. The van der Waals surface area contributed by atoms with Gasteiger partial charge in [0.05, 0.1) is 30.8 Å². The first-order valence-electron chi connectivity index (χ1n) is 11.0. The lowest BCUT2D eigenvalue weighted by atomic mass is 10.1. The van der Waals surface area contributed by atoms with Gasteiger partial charge in [0.15, 0.2) is 11.0 Å². The molecule has 1 N–H and O–H groups in total. The maximum Gasteiger partial charge on any atom is 0.213 e. The number of rotatable bonds is 8. The van der Waals surface area contributed by atoms with Gasteiger partial charge in [0, 0.05) is 45.0 Å². The van der Waals surface area contributed by atoms with Gasteiger partial charge in [-0.3, -0.25) is 4.90 Å².